The van der Waals surface area contributed by atoms with Crippen molar-refractivity contribution in [3.8, 4) is 0 Å². The summed E-state index contributed by atoms with van der Waals surface area (Å²) in [5.74, 6) is -1.50. The van der Waals surface area contributed by atoms with E-state index in [9.17, 15) is 14.4 Å². The van der Waals surface area contributed by atoms with Gasteiger partial charge in [0.25, 0.3) is 5.91 Å². The average Bonchev–Trinajstić information content (AvgIpc) is 2.36. The quantitative estimate of drug-likeness (QED) is 0.714. The summed E-state index contributed by atoms with van der Waals surface area (Å²) < 4.78 is 4.71. The first-order valence-electron chi connectivity index (χ1n) is 5.78. The van der Waals surface area contributed by atoms with Gasteiger partial charge in [0, 0.05) is 5.56 Å². The molecular formula is C13H16N2O4. The minimum atomic E-state index is -0.608. The maximum absolute atomic E-state index is 11.8. The Bertz CT molecular complexity index is 485. The summed E-state index contributed by atoms with van der Waals surface area (Å²) in [4.78, 5) is 33.4. The van der Waals surface area contributed by atoms with Crippen LogP contribution in [-0.2, 0) is 14.3 Å². The minimum absolute atomic E-state index is 0.0303. The number of primary amides is 1. The lowest BCUT2D eigenvalue weighted by Gasteiger charge is -2.07. The van der Waals surface area contributed by atoms with Crippen LogP contribution in [0.1, 0.15) is 22.3 Å². The molecule has 0 fully saturated rings. The second-order valence-corrected chi connectivity index (χ2v) is 3.93. The Labute approximate surface area is 110 Å². The van der Waals surface area contributed by atoms with E-state index in [1.165, 1.54) is 0 Å². The van der Waals surface area contributed by atoms with Crippen LogP contribution in [0.4, 0.5) is 0 Å². The lowest BCUT2D eigenvalue weighted by atomic mass is 10.1. The van der Waals surface area contributed by atoms with Gasteiger partial charge in [-0.3, -0.25) is 14.4 Å². The van der Waals surface area contributed by atoms with Crippen LogP contribution >= 0.6 is 0 Å². The van der Waals surface area contributed by atoms with Crippen molar-refractivity contribution in [2.24, 2.45) is 5.73 Å². The van der Waals surface area contributed by atoms with Crippen LogP contribution in [0.5, 0.6) is 0 Å². The lowest BCUT2D eigenvalue weighted by Crippen LogP contribution is -2.31. The Morgan fingerprint density at radius 1 is 1.26 bits per heavy atom. The van der Waals surface area contributed by atoms with Gasteiger partial charge in [-0.25, -0.2) is 0 Å². The van der Waals surface area contributed by atoms with E-state index in [0.29, 0.717) is 5.56 Å². The topological polar surface area (TPSA) is 98.5 Å². The first kappa shape index (κ1) is 14.7. The third-order valence-corrected chi connectivity index (χ3v) is 2.39. The molecule has 0 aromatic heterocycles. The van der Waals surface area contributed by atoms with Crippen molar-refractivity contribution in [1.29, 1.82) is 0 Å². The molecule has 0 atom stereocenters. The molecule has 0 aliphatic rings. The molecule has 2 amide bonds. The number of hydrogen-bond donors (Lipinski definition) is 2. The summed E-state index contributed by atoms with van der Waals surface area (Å²) in [7, 11) is 0. The van der Waals surface area contributed by atoms with Gasteiger partial charge in [-0.05, 0) is 18.6 Å². The van der Waals surface area contributed by atoms with Crippen LogP contribution in [0.3, 0.4) is 0 Å². The van der Waals surface area contributed by atoms with Crippen molar-refractivity contribution in [2.75, 3.05) is 13.2 Å². The third-order valence-electron chi connectivity index (χ3n) is 2.39. The molecule has 0 aliphatic heterocycles. The maximum atomic E-state index is 11.8. The lowest BCUT2D eigenvalue weighted by molar-refractivity contribution is -0.142. The van der Waals surface area contributed by atoms with E-state index in [1.54, 1.807) is 25.1 Å². The second kappa shape index (κ2) is 7.15. The average molecular weight is 264 g/mol. The molecule has 6 nitrogen and oxygen atoms in total. The highest BCUT2D eigenvalue weighted by molar-refractivity contribution is 5.97. The molecule has 1 aromatic rings. The predicted octanol–water partition coefficient (Wildman–Crippen LogP) is 0.143. The van der Waals surface area contributed by atoms with Gasteiger partial charge in [-0.2, -0.15) is 0 Å². The summed E-state index contributed by atoms with van der Waals surface area (Å²) in [6, 6.07) is 7.04. The smallest absolute Gasteiger partial charge is 0.325 e. The molecule has 1 aromatic carbocycles. The standard InChI is InChI=1S/C13H16N2O4/c1-9-4-2-3-5-10(9)13(18)15-8-12(17)19-7-6-11(14)16/h2-5H,6-8H2,1H3,(H2,14,16)(H,15,18). The number of ether oxygens (including phenoxy) is 1. The zero-order chi connectivity index (χ0) is 14.3. The molecule has 19 heavy (non-hydrogen) atoms. The Balaban J connectivity index is 2.36. The predicted molar refractivity (Wildman–Crippen MR) is 68.3 cm³/mol. The SMILES string of the molecule is Cc1ccccc1C(=O)NCC(=O)OCCC(N)=O. The fourth-order valence-corrected chi connectivity index (χ4v) is 1.39. The summed E-state index contributed by atoms with van der Waals surface area (Å²) in [6.45, 7) is 1.49. The van der Waals surface area contributed by atoms with E-state index >= 15 is 0 Å². The number of amides is 2. The van der Waals surface area contributed by atoms with Gasteiger partial charge in [0.15, 0.2) is 0 Å². The fourth-order valence-electron chi connectivity index (χ4n) is 1.39. The summed E-state index contributed by atoms with van der Waals surface area (Å²) in [5, 5.41) is 2.45. The largest absolute Gasteiger partial charge is 0.464 e. The van der Waals surface area contributed by atoms with Crippen molar-refractivity contribution >= 4 is 17.8 Å². The van der Waals surface area contributed by atoms with Crippen LogP contribution in [-0.4, -0.2) is 30.9 Å². The minimum Gasteiger partial charge on any atom is -0.464 e. The number of carbonyl (C=O) groups is 3. The van der Waals surface area contributed by atoms with Gasteiger partial charge in [0.1, 0.15) is 13.2 Å². The Morgan fingerprint density at radius 2 is 1.95 bits per heavy atom. The Morgan fingerprint density at radius 3 is 2.58 bits per heavy atom. The van der Waals surface area contributed by atoms with Gasteiger partial charge in [-0.1, -0.05) is 18.2 Å². The van der Waals surface area contributed by atoms with E-state index in [0.717, 1.165) is 5.56 Å². The van der Waals surface area contributed by atoms with Crippen molar-refractivity contribution < 1.29 is 19.1 Å². The zero-order valence-electron chi connectivity index (χ0n) is 10.6. The van der Waals surface area contributed by atoms with Gasteiger partial charge < -0.3 is 15.8 Å². The Hall–Kier alpha value is -2.37. The zero-order valence-corrected chi connectivity index (χ0v) is 10.6. The van der Waals surface area contributed by atoms with E-state index in [-0.39, 0.29) is 25.5 Å². The molecule has 0 aliphatic carbocycles. The van der Waals surface area contributed by atoms with E-state index < -0.39 is 11.9 Å². The third kappa shape index (κ3) is 5.20. The van der Waals surface area contributed by atoms with E-state index in [4.69, 9.17) is 10.5 Å². The summed E-state index contributed by atoms with van der Waals surface area (Å²) >= 11 is 0. The highest BCUT2D eigenvalue weighted by Crippen LogP contribution is 2.06. The van der Waals surface area contributed by atoms with Crippen LogP contribution in [0.2, 0.25) is 0 Å². The molecule has 0 saturated carbocycles. The van der Waals surface area contributed by atoms with Crippen LogP contribution in [0.25, 0.3) is 0 Å². The van der Waals surface area contributed by atoms with Gasteiger partial charge in [0.2, 0.25) is 5.91 Å². The first-order valence-corrected chi connectivity index (χ1v) is 5.78. The first-order chi connectivity index (χ1) is 9.00. The highest BCUT2D eigenvalue weighted by Gasteiger charge is 2.10. The number of carbonyl (C=O) groups excluding carboxylic acids is 3. The van der Waals surface area contributed by atoms with Gasteiger partial charge in [0.05, 0.1) is 6.42 Å². The van der Waals surface area contributed by atoms with Crippen molar-refractivity contribution in [3.63, 3.8) is 0 Å². The van der Waals surface area contributed by atoms with Crippen molar-refractivity contribution in [3.05, 3.63) is 35.4 Å². The number of nitrogens with one attached hydrogen (secondary N) is 1. The van der Waals surface area contributed by atoms with Crippen LogP contribution in [0, 0.1) is 6.92 Å². The highest BCUT2D eigenvalue weighted by atomic mass is 16.5. The monoisotopic (exact) mass is 264 g/mol. The molecule has 102 valence electrons. The van der Waals surface area contributed by atoms with Gasteiger partial charge in [-0.15, -0.1) is 0 Å². The normalized spacial score (nSPS) is 9.74. The van der Waals surface area contributed by atoms with Crippen molar-refractivity contribution in [2.45, 2.75) is 13.3 Å². The fraction of sp³-hybridized carbons (Fsp3) is 0.308. The van der Waals surface area contributed by atoms with E-state index in [2.05, 4.69) is 5.32 Å². The second-order valence-electron chi connectivity index (χ2n) is 3.93. The Kier molecular flexibility index (Phi) is 5.53. The molecular weight excluding hydrogens is 248 g/mol. The molecule has 6 heteroatoms. The molecule has 0 heterocycles. The number of esters is 1. The molecule has 1 rings (SSSR count). The number of benzene rings is 1. The summed E-state index contributed by atoms with van der Waals surface area (Å²) in [6.07, 6.45) is -0.0303. The molecule has 3 N–H and O–H groups in total. The number of nitrogens with two attached hydrogens (primary N) is 1. The summed E-state index contributed by atoms with van der Waals surface area (Å²) in [5.41, 5.74) is 6.22. The molecule has 0 radical (unpaired) electrons. The van der Waals surface area contributed by atoms with E-state index in [1.807, 2.05) is 6.07 Å². The molecule has 0 spiro atoms. The number of hydrogen-bond acceptors (Lipinski definition) is 4. The molecule has 0 saturated heterocycles. The van der Waals surface area contributed by atoms with Crippen molar-refractivity contribution in [1.82, 2.24) is 5.32 Å². The van der Waals surface area contributed by atoms with Gasteiger partial charge >= 0.3 is 5.97 Å². The number of aryl methyl sites for hydroxylation is 1. The number of rotatable bonds is 6. The molecule has 0 bridgehead atoms. The maximum Gasteiger partial charge on any atom is 0.325 e. The molecule has 0 unspecified atom stereocenters. The van der Waals surface area contributed by atoms with Crippen LogP contribution in [0.15, 0.2) is 24.3 Å². The van der Waals surface area contributed by atoms with Crippen LogP contribution < -0.4 is 11.1 Å².